The monoisotopic (exact) mass is 431 g/mol. The molecule has 3 atom stereocenters. The largest absolute Gasteiger partial charge is 0.446 e. The topological polar surface area (TPSA) is 70.2 Å². The number of carbonyl (C=O) groups is 2. The molecule has 158 valence electrons. The lowest BCUT2D eigenvalue weighted by Crippen LogP contribution is -2.61. The van der Waals surface area contributed by atoms with Crippen LogP contribution < -0.4 is 16.0 Å². The van der Waals surface area contributed by atoms with Crippen molar-refractivity contribution in [1.29, 1.82) is 0 Å². The van der Waals surface area contributed by atoms with Crippen molar-refractivity contribution in [3.05, 3.63) is 29.6 Å². The van der Waals surface area contributed by atoms with Gasteiger partial charge < -0.3 is 10.6 Å². The summed E-state index contributed by atoms with van der Waals surface area (Å²) >= 11 is -0.499. The van der Waals surface area contributed by atoms with Crippen LogP contribution in [-0.4, -0.2) is 29.5 Å². The van der Waals surface area contributed by atoms with Gasteiger partial charge >= 0.3 is 5.51 Å². The number of nitrogens with one attached hydrogen (secondary N) is 3. The van der Waals surface area contributed by atoms with E-state index in [0.29, 0.717) is 11.5 Å². The van der Waals surface area contributed by atoms with Crippen LogP contribution in [-0.2, 0) is 9.59 Å². The third kappa shape index (κ3) is 5.22. The first kappa shape index (κ1) is 20.5. The Hall–Kier alpha value is -1.81. The maximum Gasteiger partial charge on any atom is 0.446 e. The van der Waals surface area contributed by atoms with E-state index < -0.39 is 40.1 Å². The maximum absolute atomic E-state index is 14.2. The van der Waals surface area contributed by atoms with E-state index >= 15 is 0 Å². The van der Waals surface area contributed by atoms with Crippen molar-refractivity contribution in [2.45, 2.75) is 60.8 Å². The molecule has 1 saturated heterocycles. The first-order valence-electron chi connectivity index (χ1n) is 9.60. The number of hydrogen-bond acceptors (Lipinski definition) is 4. The summed E-state index contributed by atoms with van der Waals surface area (Å²) in [6.07, 6.45) is 3.48. The van der Waals surface area contributed by atoms with Gasteiger partial charge in [0.2, 0.25) is 11.8 Å². The minimum Gasteiger partial charge on any atom is -0.348 e. The third-order valence-corrected chi connectivity index (χ3v) is 6.21. The Kier molecular flexibility index (Phi) is 5.50. The van der Waals surface area contributed by atoms with Crippen molar-refractivity contribution >= 4 is 23.6 Å². The normalized spacial score (nSPS) is 26.0. The van der Waals surface area contributed by atoms with Crippen molar-refractivity contribution in [3.8, 4) is 0 Å². The van der Waals surface area contributed by atoms with Crippen LogP contribution in [0.15, 0.2) is 23.1 Å². The van der Waals surface area contributed by atoms with E-state index in [4.69, 9.17) is 0 Å². The van der Waals surface area contributed by atoms with Crippen molar-refractivity contribution in [2.75, 3.05) is 0 Å². The van der Waals surface area contributed by atoms with E-state index in [1.54, 1.807) is 0 Å². The highest BCUT2D eigenvalue weighted by Crippen LogP contribution is 2.43. The fourth-order valence-corrected chi connectivity index (χ4v) is 4.20. The molecule has 1 heterocycles. The van der Waals surface area contributed by atoms with Crippen LogP contribution in [0.4, 0.5) is 17.6 Å². The van der Waals surface area contributed by atoms with Gasteiger partial charge in [0, 0.05) is 0 Å². The fourth-order valence-electron chi connectivity index (χ4n) is 3.66. The van der Waals surface area contributed by atoms with E-state index in [2.05, 4.69) is 16.0 Å². The predicted octanol–water partition coefficient (Wildman–Crippen LogP) is 3.22. The first-order valence-corrected chi connectivity index (χ1v) is 10.4. The number of rotatable bonds is 6. The summed E-state index contributed by atoms with van der Waals surface area (Å²) in [5, 5.41) is 8.89. The molecule has 0 aromatic heterocycles. The van der Waals surface area contributed by atoms with E-state index in [1.807, 2.05) is 0 Å². The van der Waals surface area contributed by atoms with Crippen molar-refractivity contribution in [2.24, 2.45) is 11.8 Å². The molecule has 0 radical (unpaired) electrons. The summed E-state index contributed by atoms with van der Waals surface area (Å²) in [7, 11) is 0. The number of alkyl halides is 3. The zero-order chi connectivity index (χ0) is 20.8. The molecule has 3 N–H and O–H groups in total. The molecule has 1 aliphatic heterocycles. The van der Waals surface area contributed by atoms with E-state index in [-0.39, 0.29) is 30.3 Å². The van der Waals surface area contributed by atoms with Gasteiger partial charge in [0.1, 0.15) is 5.82 Å². The number of thioether (sulfide) groups is 1. The average Bonchev–Trinajstić information content (AvgIpc) is 3.53. The molecule has 10 heteroatoms. The zero-order valence-electron chi connectivity index (χ0n) is 15.4. The van der Waals surface area contributed by atoms with E-state index in [1.165, 1.54) is 6.07 Å². The fraction of sp³-hybridized carbons (Fsp3) is 0.579. The molecular weight excluding hydrogens is 410 g/mol. The Balaban J connectivity index is 1.46. The summed E-state index contributed by atoms with van der Waals surface area (Å²) in [5.41, 5.74) is -4.14. The van der Waals surface area contributed by atoms with Gasteiger partial charge in [-0.3, -0.25) is 14.9 Å². The van der Waals surface area contributed by atoms with Crippen LogP contribution >= 0.6 is 11.8 Å². The molecule has 3 fully saturated rings. The average molecular weight is 431 g/mol. The quantitative estimate of drug-likeness (QED) is 0.478. The van der Waals surface area contributed by atoms with E-state index in [0.717, 1.165) is 37.8 Å². The summed E-state index contributed by atoms with van der Waals surface area (Å²) in [6.45, 7) is 0. The summed E-state index contributed by atoms with van der Waals surface area (Å²) in [5.74, 6) is -1.06. The predicted molar refractivity (Wildman–Crippen MR) is 98.1 cm³/mol. The summed E-state index contributed by atoms with van der Waals surface area (Å²) in [6, 6.07) is 2.41. The smallest absolute Gasteiger partial charge is 0.348 e. The van der Waals surface area contributed by atoms with E-state index in [9.17, 15) is 27.2 Å². The van der Waals surface area contributed by atoms with Crippen LogP contribution in [0.25, 0.3) is 0 Å². The number of amides is 2. The third-order valence-electron chi connectivity index (χ3n) is 5.43. The van der Waals surface area contributed by atoms with Gasteiger partial charge in [-0.15, -0.1) is 0 Å². The summed E-state index contributed by atoms with van der Waals surface area (Å²) < 4.78 is 51.8. The van der Waals surface area contributed by atoms with Gasteiger partial charge in [-0.1, -0.05) is 6.07 Å². The van der Waals surface area contributed by atoms with Gasteiger partial charge in [-0.25, -0.2) is 4.39 Å². The molecular formula is C19H21F4N3O2S. The highest BCUT2D eigenvalue weighted by molar-refractivity contribution is 8.00. The Morgan fingerprint density at radius 1 is 1.21 bits per heavy atom. The number of hydrogen-bond donors (Lipinski definition) is 3. The van der Waals surface area contributed by atoms with Gasteiger partial charge in [-0.2, -0.15) is 13.2 Å². The second-order valence-corrected chi connectivity index (χ2v) is 8.97. The highest BCUT2D eigenvalue weighted by atomic mass is 32.2. The molecule has 2 unspecified atom stereocenters. The highest BCUT2D eigenvalue weighted by Gasteiger charge is 2.41. The zero-order valence-corrected chi connectivity index (χ0v) is 16.2. The van der Waals surface area contributed by atoms with Crippen LogP contribution in [0.2, 0.25) is 0 Å². The summed E-state index contributed by atoms with van der Waals surface area (Å²) in [4.78, 5) is 24.2. The Bertz CT molecular complexity index is 811. The minimum absolute atomic E-state index is 0.0158. The van der Waals surface area contributed by atoms with Crippen molar-refractivity contribution < 1.29 is 27.2 Å². The Morgan fingerprint density at radius 3 is 2.52 bits per heavy atom. The van der Waals surface area contributed by atoms with Crippen molar-refractivity contribution in [3.63, 3.8) is 0 Å². The standard InChI is InChI=1S/C19H21F4N3O2S/c20-12-7-11(5-6-14(12)29-19(21,22)23)16(9-1-2-9)26-18(28)13-8-15(27)25-17(24-13)10-3-4-10/h5-7,9-10,13,16-17,24H,1-4,8H2,(H,25,27)(H,26,28)/t13?,16-,17?/m1/s1. The Morgan fingerprint density at radius 2 is 1.93 bits per heavy atom. The molecule has 29 heavy (non-hydrogen) atoms. The lowest BCUT2D eigenvalue weighted by molar-refractivity contribution is -0.132. The molecule has 1 aromatic rings. The maximum atomic E-state index is 14.2. The molecule has 1 aromatic carbocycles. The molecule has 3 aliphatic rings. The van der Waals surface area contributed by atoms with Crippen LogP contribution in [0, 0.1) is 17.7 Å². The second-order valence-electron chi connectivity index (χ2n) is 7.87. The number of halogens is 4. The minimum atomic E-state index is -4.57. The number of benzene rings is 1. The number of carbonyl (C=O) groups excluding carboxylic acids is 2. The second kappa shape index (κ2) is 7.79. The molecule has 2 saturated carbocycles. The molecule has 0 bridgehead atoms. The molecule has 2 amide bonds. The molecule has 5 nitrogen and oxygen atoms in total. The molecule has 4 rings (SSSR count). The van der Waals surface area contributed by atoms with Gasteiger partial charge in [0.05, 0.1) is 29.6 Å². The first-order chi connectivity index (χ1) is 13.7. The van der Waals surface area contributed by atoms with Gasteiger partial charge in [0.25, 0.3) is 0 Å². The lowest BCUT2D eigenvalue weighted by Gasteiger charge is -2.32. The molecule has 0 spiro atoms. The van der Waals surface area contributed by atoms with Crippen LogP contribution in [0.3, 0.4) is 0 Å². The Labute approximate surface area is 169 Å². The van der Waals surface area contributed by atoms with Crippen LogP contribution in [0.5, 0.6) is 0 Å². The lowest BCUT2D eigenvalue weighted by atomic mass is 10.0. The molecule has 2 aliphatic carbocycles. The van der Waals surface area contributed by atoms with Crippen molar-refractivity contribution in [1.82, 2.24) is 16.0 Å². The SMILES string of the molecule is O=C1CC(C(=O)N[C@@H](c2ccc(SC(F)(F)F)c(F)c2)C2CC2)NC(C2CC2)N1. The van der Waals surface area contributed by atoms with Gasteiger partial charge in [0.15, 0.2) is 0 Å². The van der Waals surface area contributed by atoms with Crippen LogP contribution in [0.1, 0.15) is 43.7 Å². The van der Waals surface area contributed by atoms with Gasteiger partial charge in [-0.05, 0) is 67.0 Å².